The third kappa shape index (κ3) is 5.19. The number of urea groups is 1. The average Bonchev–Trinajstić information content (AvgIpc) is 3.08. The molecule has 0 aliphatic carbocycles. The number of amides is 2. The van der Waals surface area contributed by atoms with Gasteiger partial charge in [0.1, 0.15) is 0 Å². The normalized spacial score (nSPS) is 20.8. The highest BCUT2D eigenvalue weighted by atomic mass is 16.5. The van der Waals surface area contributed by atoms with Crippen molar-refractivity contribution in [2.75, 3.05) is 11.5 Å². The molecule has 4 rings (SSSR count). The van der Waals surface area contributed by atoms with E-state index >= 15 is 0 Å². The molecular formula is C30H38N2O4. The SMILES string of the molecule is CCc1cc(CC23COC(C)(C)C2=CN(c2ccc(C(=O)O)cc2)C(=O)N3)ccc1CCCC(C)C. The summed E-state index contributed by atoms with van der Waals surface area (Å²) in [4.78, 5) is 26.1. The van der Waals surface area contributed by atoms with E-state index in [1.54, 1.807) is 17.0 Å². The number of nitrogens with zero attached hydrogens (tertiary/aromatic N) is 1. The van der Waals surface area contributed by atoms with Gasteiger partial charge in [-0.15, -0.1) is 0 Å². The molecule has 2 aromatic rings. The van der Waals surface area contributed by atoms with E-state index in [0.717, 1.165) is 18.4 Å². The highest BCUT2D eigenvalue weighted by Gasteiger charge is 2.53. The summed E-state index contributed by atoms with van der Waals surface area (Å²) in [6, 6.07) is 12.8. The van der Waals surface area contributed by atoms with Crippen LogP contribution in [0.1, 0.15) is 74.5 Å². The van der Waals surface area contributed by atoms with Gasteiger partial charge in [0.05, 0.1) is 29.0 Å². The van der Waals surface area contributed by atoms with Crippen LogP contribution < -0.4 is 10.2 Å². The average molecular weight is 491 g/mol. The Bertz CT molecular complexity index is 1170. The van der Waals surface area contributed by atoms with E-state index in [2.05, 4.69) is 44.3 Å². The van der Waals surface area contributed by atoms with Gasteiger partial charge < -0.3 is 15.2 Å². The van der Waals surface area contributed by atoms with Gasteiger partial charge in [0.2, 0.25) is 0 Å². The van der Waals surface area contributed by atoms with Gasteiger partial charge >= 0.3 is 12.0 Å². The van der Waals surface area contributed by atoms with E-state index in [9.17, 15) is 14.7 Å². The summed E-state index contributed by atoms with van der Waals surface area (Å²) >= 11 is 0. The molecule has 192 valence electrons. The zero-order valence-corrected chi connectivity index (χ0v) is 22.1. The zero-order valence-electron chi connectivity index (χ0n) is 22.1. The Balaban J connectivity index is 1.62. The summed E-state index contributed by atoms with van der Waals surface area (Å²) < 4.78 is 6.21. The van der Waals surface area contributed by atoms with Gasteiger partial charge in [-0.05, 0) is 80.0 Å². The summed E-state index contributed by atoms with van der Waals surface area (Å²) in [7, 11) is 0. The number of carboxylic acids is 1. The first-order chi connectivity index (χ1) is 17.0. The second kappa shape index (κ2) is 10.1. The molecule has 2 amide bonds. The van der Waals surface area contributed by atoms with Crippen molar-refractivity contribution in [2.45, 2.75) is 77.9 Å². The lowest BCUT2D eigenvalue weighted by Gasteiger charge is -2.40. The summed E-state index contributed by atoms with van der Waals surface area (Å²) in [5, 5.41) is 12.5. The maximum Gasteiger partial charge on any atom is 0.335 e. The minimum Gasteiger partial charge on any atom is -0.478 e. The fourth-order valence-corrected chi connectivity index (χ4v) is 5.43. The molecule has 6 nitrogen and oxygen atoms in total. The maximum absolute atomic E-state index is 13.3. The number of carbonyl (C=O) groups excluding carboxylic acids is 1. The van der Waals surface area contributed by atoms with Crippen LogP contribution in [0.2, 0.25) is 0 Å². The molecule has 2 aromatic carbocycles. The van der Waals surface area contributed by atoms with E-state index in [-0.39, 0.29) is 11.6 Å². The molecule has 0 saturated carbocycles. The fraction of sp³-hybridized carbons (Fsp3) is 0.467. The number of benzene rings is 2. The molecule has 0 spiro atoms. The molecule has 1 fully saturated rings. The Morgan fingerprint density at radius 1 is 1.14 bits per heavy atom. The number of hydrogen-bond donors (Lipinski definition) is 2. The smallest absolute Gasteiger partial charge is 0.335 e. The molecule has 2 N–H and O–H groups in total. The van der Waals surface area contributed by atoms with Crippen LogP contribution in [-0.2, 0) is 24.0 Å². The number of nitrogens with one attached hydrogen (secondary N) is 1. The highest BCUT2D eigenvalue weighted by Crippen LogP contribution is 2.43. The molecule has 36 heavy (non-hydrogen) atoms. The summed E-state index contributed by atoms with van der Waals surface area (Å²) in [6.45, 7) is 11.2. The minimum absolute atomic E-state index is 0.182. The molecule has 6 heteroatoms. The zero-order chi connectivity index (χ0) is 26.1. The number of carbonyl (C=O) groups is 2. The standard InChI is InChI=1S/C30H38N2O4/c1-6-22-16-21(10-11-23(22)9-7-8-20(2)3)17-30-19-36-29(4,5)26(30)18-32(28(35)31-30)25-14-12-24(13-15-25)27(33)34/h10-16,18,20H,6-9,17,19H2,1-5H3,(H,31,35)(H,33,34). The van der Waals surface area contributed by atoms with Crippen molar-refractivity contribution in [3.05, 3.63) is 76.5 Å². The Labute approximate surface area is 214 Å². The lowest BCUT2D eigenvalue weighted by Crippen LogP contribution is -2.60. The molecule has 1 saturated heterocycles. The van der Waals surface area contributed by atoms with Crippen molar-refractivity contribution in [2.24, 2.45) is 5.92 Å². The van der Waals surface area contributed by atoms with E-state index in [4.69, 9.17) is 4.74 Å². The number of aromatic carboxylic acids is 1. The third-order valence-electron chi connectivity index (χ3n) is 7.44. The van der Waals surface area contributed by atoms with Gasteiger partial charge in [0.15, 0.2) is 0 Å². The van der Waals surface area contributed by atoms with Gasteiger partial charge in [0, 0.05) is 18.2 Å². The number of aryl methyl sites for hydroxylation is 2. The monoisotopic (exact) mass is 490 g/mol. The van der Waals surface area contributed by atoms with Crippen LogP contribution in [0.4, 0.5) is 10.5 Å². The number of ether oxygens (including phenoxy) is 1. The third-order valence-corrected chi connectivity index (χ3v) is 7.44. The Hall–Kier alpha value is -3.12. The van der Waals surface area contributed by atoms with Gasteiger partial charge in [-0.2, -0.15) is 0 Å². The van der Waals surface area contributed by atoms with Gasteiger partial charge in [-0.3, -0.25) is 4.90 Å². The molecule has 2 aliphatic heterocycles. The second-order valence-corrected chi connectivity index (χ2v) is 11.0. The molecule has 2 heterocycles. The van der Waals surface area contributed by atoms with E-state index in [0.29, 0.717) is 24.6 Å². The molecule has 1 atom stereocenters. The van der Waals surface area contributed by atoms with Crippen LogP contribution in [0, 0.1) is 5.92 Å². The molecule has 0 radical (unpaired) electrons. The first kappa shape index (κ1) is 26.0. The number of hydrogen-bond acceptors (Lipinski definition) is 3. The summed E-state index contributed by atoms with van der Waals surface area (Å²) in [5.74, 6) is -0.279. The first-order valence-corrected chi connectivity index (χ1v) is 13.0. The number of rotatable bonds is 9. The van der Waals surface area contributed by atoms with Crippen molar-refractivity contribution in [1.29, 1.82) is 0 Å². The van der Waals surface area contributed by atoms with E-state index in [1.807, 2.05) is 20.0 Å². The lowest BCUT2D eigenvalue weighted by atomic mass is 9.78. The Kier molecular flexibility index (Phi) is 7.28. The van der Waals surface area contributed by atoms with Gasteiger partial charge in [-0.25, -0.2) is 9.59 Å². The molecule has 2 aliphatic rings. The van der Waals surface area contributed by atoms with Gasteiger partial charge in [0.25, 0.3) is 0 Å². The van der Waals surface area contributed by atoms with Crippen LogP contribution in [0.5, 0.6) is 0 Å². The molecular weight excluding hydrogens is 452 g/mol. The largest absolute Gasteiger partial charge is 0.478 e. The molecule has 0 bridgehead atoms. The van der Waals surface area contributed by atoms with Crippen LogP contribution in [0.25, 0.3) is 0 Å². The molecule has 1 unspecified atom stereocenters. The number of anilines is 1. The van der Waals surface area contributed by atoms with Crippen LogP contribution in [-0.4, -0.2) is 34.9 Å². The quantitative estimate of drug-likeness (QED) is 0.443. The second-order valence-electron chi connectivity index (χ2n) is 11.0. The van der Waals surface area contributed by atoms with E-state index < -0.39 is 17.1 Å². The minimum atomic E-state index is -0.996. The lowest BCUT2D eigenvalue weighted by molar-refractivity contribution is 0.0463. The van der Waals surface area contributed by atoms with Crippen LogP contribution in [0.3, 0.4) is 0 Å². The van der Waals surface area contributed by atoms with Crippen molar-refractivity contribution in [3.8, 4) is 0 Å². The predicted octanol–water partition coefficient (Wildman–Crippen LogP) is 6.13. The van der Waals surface area contributed by atoms with Crippen molar-refractivity contribution in [1.82, 2.24) is 5.32 Å². The van der Waals surface area contributed by atoms with Crippen molar-refractivity contribution in [3.63, 3.8) is 0 Å². The topological polar surface area (TPSA) is 78.9 Å². The van der Waals surface area contributed by atoms with Crippen LogP contribution in [0.15, 0.2) is 54.2 Å². The number of fused-ring (bicyclic) bond motifs is 1. The highest BCUT2D eigenvalue weighted by molar-refractivity contribution is 5.97. The first-order valence-electron chi connectivity index (χ1n) is 13.0. The maximum atomic E-state index is 13.3. The predicted molar refractivity (Wildman–Crippen MR) is 143 cm³/mol. The Morgan fingerprint density at radius 2 is 1.86 bits per heavy atom. The summed E-state index contributed by atoms with van der Waals surface area (Å²) in [5.41, 5.74) is 4.62. The summed E-state index contributed by atoms with van der Waals surface area (Å²) in [6.07, 6.45) is 7.04. The van der Waals surface area contributed by atoms with E-state index in [1.165, 1.54) is 41.7 Å². The Morgan fingerprint density at radius 3 is 2.50 bits per heavy atom. The van der Waals surface area contributed by atoms with Crippen LogP contribution >= 0.6 is 0 Å². The van der Waals surface area contributed by atoms with Crippen molar-refractivity contribution < 1.29 is 19.4 Å². The molecule has 0 aromatic heterocycles. The van der Waals surface area contributed by atoms with Gasteiger partial charge in [-0.1, -0.05) is 45.4 Å². The number of carboxylic acid groups (broad SMARTS) is 1. The van der Waals surface area contributed by atoms with Crippen molar-refractivity contribution >= 4 is 17.7 Å². The fourth-order valence-electron chi connectivity index (χ4n) is 5.43.